The molecule has 0 saturated carbocycles. The van der Waals surface area contributed by atoms with Crippen molar-refractivity contribution >= 4 is 28.5 Å². The summed E-state index contributed by atoms with van der Waals surface area (Å²) in [5.74, 6) is 0. The van der Waals surface area contributed by atoms with Crippen LogP contribution in [0.1, 0.15) is 25.7 Å². The predicted octanol–water partition coefficient (Wildman–Crippen LogP) is 2.70. The lowest BCUT2D eigenvalue weighted by Gasteiger charge is -2.27. The van der Waals surface area contributed by atoms with Gasteiger partial charge in [0, 0.05) is 5.70 Å². The zero-order chi connectivity index (χ0) is 9.26. The minimum atomic E-state index is -0.112. The summed E-state index contributed by atoms with van der Waals surface area (Å²) in [5.41, 5.74) is 2.52. The largest absolute Gasteiger partial charge is 0.339 e. The average molecular weight is 217 g/mol. The van der Waals surface area contributed by atoms with E-state index in [4.69, 9.17) is 11.6 Å². The Kier molecular flexibility index (Phi) is 2.84. The Balaban J connectivity index is 2.20. The van der Waals surface area contributed by atoms with Crippen molar-refractivity contribution in [1.29, 1.82) is 0 Å². The van der Waals surface area contributed by atoms with Crippen LogP contribution in [0.25, 0.3) is 0 Å². The molecule has 0 bridgehead atoms. The maximum absolute atomic E-state index is 6.16. The van der Waals surface area contributed by atoms with Crippen LogP contribution in [0.2, 0.25) is 0 Å². The van der Waals surface area contributed by atoms with E-state index >= 15 is 0 Å². The topological polar surface area (TPSA) is 24.4 Å². The number of nitrogens with one attached hydrogen (secondary N) is 1. The zero-order valence-corrected chi connectivity index (χ0v) is 9.21. The van der Waals surface area contributed by atoms with Crippen LogP contribution in [0, 0.1) is 0 Å². The Bertz CT molecular complexity index is 273. The van der Waals surface area contributed by atoms with Gasteiger partial charge >= 0.3 is 0 Å². The lowest BCUT2D eigenvalue weighted by molar-refractivity contribution is 0.626. The van der Waals surface area contributed by atoms with Crippen LogP contribution in [-0.2, 0) is 0 Å². The molecule has 0 saturated heterocycles. The van der Waals surface area contributed by atoms with E-state index in [1.165, 1.54) is 24.1 Å². The maximum Gasteiger partial charge on any atom is 0.162 e. The molecular formula is C9H13ClN2S. The minimum Gasteiger partial charge on any atom is -0.339 e. The van der Waals surface area contributed by atoms with Gasteiger partial charge in [0.05, 0.1) is 0 Å². The van der Waals surface area contributed by atoms with Gasteiger partial charge < -0.3 is 5.32 Å². The maximum atomic E-state index is 6.16. The molecule has 13 heavy (non-hydrogen) atoms. The second-order valence-corrected chi connectivity index (χ2v) is 4.52. The van der Waals surface area contributed by atoms with Gasteiger partial charge in [-0.15, -0.1) is 0 Å². The SMILES string of the molecule is CSC1=NC(Cl)C2=C(CCCC2)N1. The van der Waals surface area contributed by atoms with Crippen LogP contribution < -0.4 is 5.32 Å². The summed E-state index contributed by atoms with van der Waals surface area (Å²) >= 11 is 7.79. The molecule has 1 aliphatic heterocycles. The molecule has 0 spiro atoms. The number of hydrogen-bond donors (Lipinski definition) is 1. The van der Waals surface area contributed by atoms with Gasteiger partial charge in [0.25, 0.3) is 0 Å². The van der Waals surface area contributed by atoms with Crippen LogP contribution in [0.5, 0.6) is 0 Å². The second kappa shape index (κ2) is 3.93. The van der Waals surface area contributed by atoms with Gasteiger partial charge in [-0.3, -0.25) is 0 Å². The van der Waals surface area contributed by atoms with E-state index in [0.29, 0.717) is 0 Å². The van der Waals surface area contributed by atoms with E-state index in [1.807, 2.05) is 6.26 Å². The standard InChI is InChI=1S/C9H13ClN2S/c1-13-9-11-7-5-3-2-4-6(7)8(10)12-9/h8H,2-5H2,1H3,(H,11,12). The molecule has 1 N–H and O–H groups in total. The minimum absolute atomic E-state index is 0.112. The summed E-state index contributed by atoms with van der Waals surface area (Å²) in [6.45, 7) is 0. The molecule has 1 atom stereocenters. The number of thioether (sulfide) groups is 1. The van der Waals surface area contributed by atoms with E-state index < -0.39 is 0 Å². The Labute approximate surface area is 87.8 Å². The first kappa shape index (κ1) is 9.41. The molecular weight excluding hydrogens is 204 g/mol. The van der Waals surface area contributed by atoms with Crippen molar-refractivity contribution in [3.8, 4) is 0 Å². The highest BCUT2D eigenvalue weighted by Crippen LogP contribution is 2.31. The van der Waals surface area contributed by atoms with Crippen LogP contribution in [0.4, 0.5) is 0 Å². The van der Waals surface area contributed by atoms with Gasteiger partial charge in [0.2, 0.25) is 0 Å². The van der Waals surface area contributed by atoms with Crippen molar-refractivity contribution in [2.45, 2.75) is 31.2 Å². The average Bonchev–Trinajstić information content (AvgIpc) is 2.18. The number of rotatable bonds is 0. The van der Waals surface area contributed by atoms with Crippen LogP contribution in [0.15, 0.2) is 16.3 Å². The van der Waals surface area contributed by atoms with Gasteiger partial charge in [-0.2, -0.15) is 0 Å². The van der Waals surface area contributed by atoms with Gasteiger partial charge in [-0.05, 0) is 37.5 Å². The molecule has 0 amide bonds. The van der Waals surface area contributed by atoms with Gasteiger partial charge in [0.15, 0.2) is 5.17 Å². The number of amidine groups is 1. The van der Waals surface area contributed by atoms with Crippen molar-refractivity contribution in [2.75, 3.05) is 6.26 Å². The van der Waals surface area contributed by atoms with Crippen molar-refractivity contribution in [2.24, 2.45) is 4.99 Å². The van der Waals surface area contributed by atoms with E-state index in [-0.39, 0.29) is 5.50 Å². The summed E-state index contributed by atoms with van der Waals surface area (Å²) in [5, 5.41) is 4.30. The molecule has 1 aliphatic carbocycles. The monoisotopic (exact) mass is 216 g/mol. The van der Waals surface area contributed by atoms with E-state index in [1.54, 1.807) is 11.8 Å². The Hall–Kier alpha value is -0.150. The van der Waals surface area contributed by atoms with Crippen molar-refractivity contribution in [3.05, 3.63) is 11.3 Å². The summed E-state index contributed by atoms with van der Waals surface area (Å²) in [7, 11) is 0. The van der Waals surface area contributed by atoms with Gasteiger partial charge in [-0.1, -0.05) is 23.4 Å². The van der Waals surface area contributed by atoms with E-state index in [0.717, 1.165) is 18.0 Å². The molecule has 1 unspecified atom stereocenters. The fraction of sp³-hybridized carbons (Fsp3) is 0.667. The van der Waals surface area contributed by atoms with Gasteiger partial charge in [-0.25, -0.2) is 4.99 Å². The smallest absolute Gasteiger partial charge is 0.162 e. The summed E-state index contributed by atoms with van der Waals surface area (Å²) in [6.07, 6.45) is 6.80. The first-order valence-corrected chi connectivity index (χ1v) is 6.22. The lowest BCUT2D eigenvalue weighted by Crippen LogP contribution is -2.30. The molecule has 4 heteroatoms. The Morgan fingerprint density at radius 1 is 1.46 bits per heavy atom. The zero-order valence-electron chi connectivity index (χ0n) is 7.64. The number of halogens is 1. The molecule has 0 aromatic rings. The Morgan fingerprint density at radius 3 is 3.00 bits per heavy atom. The molecule has 0 aromatic heterocycles. The van der Waals surface area contributed by atoms with Crippen LogP contribution >= 0.6 is 23.4 Å². The number of aliphatic imine (C=N–C) groups is 1. The highest BCUT2D eigenvalue weighted by molar-refractivity contribution is 8.13. The highest BCUT2D eigenvalue weighted by atomic mass is 35.5. The third-order valence-corrected chi connectivity index (χ3v) is 3.43. The molecule has 0 radical (unpaired) electrons. The van der Waals surface area contributed by atoms with Crippen LogP contribution in [-0.4, -0.2) is 16.9 Å². The molecule has 0 fully saturated rings. The predicted molar refractivity (Wildman–Crippen MR) is 59.2 cm³/mol. The van der Waals surface area contributed by atoms with Crippen molar-refractivity contribution < 1.29 is 0 Å². The summed E-state index contributed by atoms with van der Waals surface area (Å²) < 4.78 is 0. The molecule has 2 nitrogen and oxygen atoms in total. The fourth-order valence-electron chi connectivity index (χ4n) is 1.78. The molecule has 0 aromatic carbocycles. The normalized spacial score (nSPS) is 27.8. The quantitative estimate of drug-likeness (QED) is 0.498. The van der Waals surface area contributed by atoms with Gasteiger partial charge in [0.1, 0.15) is 5.50 Å². The first-order valence-electron chi connectivity index (χ1n) is 4.56. The molecule has 72 valence electrons. The molecule has 2 rings (SSSR count). The number of nitrogens with zero attached hydrogens (tertiary/aromatic N) is 1. The Morgan fingerprint density at radius 2 is 2.23 bits per heavy atom. The van der Waals surface area contributed by atoms with Crippen LogP contribution in [0.3, 0.4) is 0 Å². The second-order valence-electron chi connectivity index (χ2n) is 3.31. The lowest BCUT2D eigenvalue weighted by atomic mass is 9.95. The third-order valence-electron chi connectivity index (χ3n) is 2.48. The fourth-order valence-corrected chi connectivity index (χ4v) is 2.61. The molecule has 2 aliphatic rings. The number of hydrogen-bond acceptors (Lipinski definition) is 3. The third kappa shape index (κ3) is 1.86. The van der Waals surface area contributed by atoms with Crippen molar-refractivity contribution in [3.63, 3.8) is 0 Å². The van der Waals surface area contributed by atoms with Crippen molar-refractivity contribution in [1.82, 2.24) is 5.32 Å². The number of alkyl halides is 1. The summed E-state index contributed by atoms with van der Waals surface area (Å²) in [4.78, 5) is 4.36. The highest BCUT2D eigenvalue weighted by Gasteiger charge is 2.23. The molecule has 1 heterocycles. The van der Waals surface area contributed by atoms with E-state index in [9.17, 15) is 0 Å². The summed E-state index contributed by atoms with van der Waals surface area (Å²) in [6, 6.07) is 0. The number of allylic oxidation sites excluding steroid dienone is 1. The van der Waals surface area contributed by atoms with E-state index in [2.05, 4.69) is 10.3 Å². The first-order chi connectivity index (χ1) is 6.31.